The van der Waals surface area contributed by atoms with Crippen molar-refractivity contribution in [2.24, 2.45) is 7.05 Å². The van der Waals surface area contributed by atoms with Crippen molar-refractivity contribution in [1.82, 2.24) is 30.0 Å². The Labute approximate surface area is 95.0 Å². The first-order chi connectivity index (χ1) is 7.60. The Kier molecular flexibility index (Phi) is 4.21. The molecule has 0 aromatic carbocycles. The van der Waals surface area contributed by atoms with Crippen LogP contribution in [0.2, 0.25) is 0 Å². The number of carbonyl (C=O) groups excluding carboxylic acids is 1. The minimum Gasteiger partial charge on any atom is -0.325 e. The molecule has 0 bridgehead atoms. The Hall–Kier alpha value is -1.66. The van der Waals surface area contributed by atoms with Gasteiger partial charge in [-0.3, -0.25) is 0 Å². The van der Waals surface area contributed by atoms with Gasteiger partial charge in [0.05, 0.1) is 6.54 Å². The molecule has 0 aliphatic rings. The van der Waals surface area contributed by atoms with Gasteiger partial charge < -0.3 is 9.80 Å². The van der Waals surface area contributed by atoms with Gasteiger partial charge in [-0.1, -0.05) is 0 Å². The van der Waals surface area contributed by atoms with Gasteiger partial charge in [0.2, 0.25) is 0 Å². The van der Waals surface area contributed by atoms with Gasteiger partial charge in [0.1, 0.15) is 0 Å². The zero-order valence-corrected chi connectivity index (χ0v) is 10.2. The van der Waals surface area contributed by atoms with E-state index in [0.29, 0.717) is 25.5 Å². The highest BCUT2D eigenvalue weighted by molar-refractivity contribution is 5.73. The van der Waals surface area contributed by atoms with Crippen LogP contribution in [0.3, 0.4) is 0 Å². The summed E-state index contributed by atoms with van der Waals surface area (Å²) in [5, 5.41) is 11.1. The molecule has 0 atom stereocenters. The lowest BCUT2D eigenvalue weighted by atomic mass is 10.5. The molecule has 0 saturated heterocycles. The number of nitrogens with zero attached hydrogens (tertiary/aromatic N) is 6. The average Bonchev–Trinajstić information content (AvgIpc) is 2.66. The van der Waals surface area contributed by atoms with E-state index < -0.39 is 0 Å². The number of rotatable bonds is 4. The van der Waals surface area contributed by atoms with E-state index in [-0.39, 0.29) is 6.03 Å². The van der Waals surface area contributed by atoms with E-state index in [1.54, 1.807) is 28.6 Å². The standard InChI is InChI=1S/C9H18N6O/c1-5-15(6-2)9(16)13(3)7-8-10-11-12-14(8)4/h5-7H2,1-4H3. The van der Waals surface area contributed by atoms with E-state index in [0.717, 1.165) is 0 Å². The first kappa shape index (κ1) is 12.4. The van der Waals surface area contributed by atoms with Gasteiger partial charge in [0.15, 0.2) is 5.82 Å². The zero-order valence-electron chi connectivity index (χ0n) is 10.2. The average molecular weight is 226 g/mol. The number of amides is 2. The van der Waals surface area contributed by atoms with E-state index in [4.69, 9.17) is 0 Å². The number of hydrogen-bond donors (Lipinski definition) is 0. The number of aromatic nitrogens is 4. The number of hydrogen-bond acceptors (Lipinski definition) is 4. The van der Waals surface area contributed by atoms with Crippen molar-refractivity contribution in [1.29, 1.82) is 0 Å². The molecule has 0 N–H and O–H groups in total. The van der Waals surface area contributed by atoms with Crippen molar-refractivity contribution in [2.45, 2.75) is 20.4 Å². The summed E-state index contributed by atoms with van der Waals surface area (Å²) in [6.45, 7) is 5.74. The summed E-state index contributed by atoms with van der Waals surface area (Å²) in [5.74, 6) is 0.669. The Morgan fingerprint density at radius 1 is 1.38 bits per heavy atom. The third kappa shape index (κ3) is 2.68. The molecule has 0 aliphatic heterocycles. The van der Waals surface area contributed by atoms with Crippen molar-refractivity contribution in [3.8, 4) is 0 Å². The van der Waals surface area contributed by atoms with Crippen LogP contribution in [-0.2, 0) is 13.6 Å². The lowest BCUT2D eigenvalue weighted by Gasteiger charge is -2.25. The van der Waals surface area contributed by atoms with Crippen molar-refractivity contribution < 1.29 is 4.79 Å². The minimum absolute atomic E-state index is 0.00648. The van der Waals surface area contributed by atoms with Gasteiger partial charge >= 0.3 is 6.03 Å². The maximum atomic E-state index is 11.9. The summed E-state index contributed by atoms with van der Waals surface area (Å²) in [6, 6.07) is -0.00648. The molecular weight excluding hydrogens is 208 g/mol. The SMILES string of the molecule is CCN(CC)C(=O)N(C)Cc1nnnn1C. The molecule has 0 aliphatic carbocycles. The van der Waals surface area contributed by atoms with Crippen LogP contribution >= 0.6 is 0 Å². The van der Waals surface area contributed by atoms with Crippen LogP contribution in [0, 0.1) is 0 Å². The predicted octanol–water partition coefficient (Wildman–Crippen LogP) is 0.104. The summed E-state index contributed by atoms with van der Waals surface area (Å²) < 4.78 is 1.56. The van der Waals surface area contributed by atoms with Gasteiger partial charge in [-0.2, -0.15) is 0 Å². The summed E-state index contributed by atoms with van der Waals surface area (Å²) in [4.78, 5) is 15.3. The van der Waals surface area contributed by atoms with Crippen LogP contribution in [0.5, 0.6) is 0 Å². The second-order valence-corrected chi connectivity index (χ2v) is 3.53. The molecule has 0 radical (unpaired) electrons. The number of aryl methyl sites for hydroxylation is 1. The maximum absolute atomic E-state index is 11.9. The molecule has 2 amide bonds. The largest absolute Gasteiger partial charge is 0.325 e. The monoisotopic (exact) mass is 226 g/mol. The van der Waals surface area contributed by atoms with E-state index >= 15 is 0 Å². The molecule has 1 heterocycles. The van der Waals surface area contributed by atoms with Gasteiger partial charge in [0, 0.05) is 27.2 Å². The third-order valence-electron chi connectivity index (χ3n) is 2.45. The molecule has 1 rings (SSSR count). The molecule has 7 heteroatoms. The predicted molar refractivity (Wildman–Crippen MR) is 58.6 cm³/mol. The van der Waals surface area contributed by atoms with Gasteiger partial charge in [-0.05, 0) is 24.3 Å². The summed E-state index contributed by atoms with van der Waals surface area (Å²) in [7, 11) is 3.50. The topological polar surface area (TPSA) is 67.2 Å². The van der Waals surface area contributed by atoms with Crippen LogP contribution in [0.15, 0.2) is 0 Å². The summed E-state index contributed by atoms with van der Waals surface area (Å²) in [6.07, 6.45) is 0. The van der Waals surface area contributed by atoms with Gasteiger partial charge in [-0.25, -0.2) is 9.48 Å². The lowest BCUT2D eigenvalue weighted by molar-refractivity contribution is 0.164. The molecular formula is C9H18N6O. The highest BCUT2D eigenvalue weighted by atomic mass is 16.2. The fraction of sp³-hybridized carbons (Fsp3) is 0.778. The minimum atomic E-state index is -0.00648. The summed E-state index contributed by atoms with van der Waals surface area (Å²) in [5.41, 5.74) is 0. The van der Waals surface area contributed by atoms with Crippen molar-refractivity contribution in [2.75, 3.05) is 20.1 Å². The van der Waals surface area contributed by atoms with Crippen molar-refractivity contribution >= 4 is 6.03 Å². The second-order valence-electron chi connectivity index (χ2n) is 3.53. The fourth-order valence-corrected chi connectivity index (χ4v) is 1.40. The fourth-order valence-electron chi connectivity index (χ4n) is 1.40. The second kappa shape index (κ2) is 5.43. The Morgan fingerprint density at radius 3 is 2.44 bits per heavy atom. The third-order valence-corrected chi connectivity index (χ3v) is 2.45. The molecule has 0 spiro atoms. The van der Waals surface area contributed by atoms with Crippen LogP contribution in [0.4, 0.5) is 4.79 Å². The van der Waals surface area contributed by atoms with Crippen LogP contribution < -0.4 is 0 Å². The van der Waals surface area contributed by atoms with Crippen LogP contribution in [0.1, 0.15) is 19.7 Å². The van der Waals surface area contributed by atoms with E-state index in [2.05, 4.69) is 15.5 Å². The molecule has 0 saturated carbocycles. The Balaban J connectivity index is 2.62. The highest BCUT2D eigenvalue weighted by Crippen LogP contribution is 2.01. The molecule has 7 nitrogen and oxygen atoms in total. The molecule has 1 aromatic heterocycles. The van der Waals surface area contributed by atoms with E-state index in [1.165, 1.54) is 0 Å². The summed E-state index contributed by atoms with van der Waals surface area (Å²) >= 11 is 0. The van der Waals surface area contributed by atoms with Crippen LogP contribution in [-0.4, -0.2) is 56.2 Å². The van der Waals surface area contributed by atoms with E-state index in [9.17, 15) is 4.79 Å². The first-order valence-corrected chi connectivity index (χ1v) is 5.31. The van der Waals surface area contributed by atoms with Crippen molar-refractivity contribution in [3.63, 3.8) is 0 Å². The highest BCUT2D eigenvalue weighted by Gasteiger charge is 2.16. The van der Waals surface area contributed by atoms with Gasteiger partial charge in [0.25, 0.3) is 0 Å². The van der Waals surface area contributed by atoms with E-state index in [1.807, 2.05) is 13.8 Å². The Morgan fingerprint density at radius 2 is 2.00 bits per heavy atom. The molecule has 16 heavy (non-hydrogen) atoms. The Bertz CT molecular complexity index is 346. The normalized spacial score (nSPS) is 10.2. The number of urea groups is 1. The molecule has 0 fully saturated rings. The molecule has 0 unspecified atom stereocenters. The first-order valence-electron chi connectivity index (χ1n) is 5.31. The number of tetrazole rings is 1. The maximum Gasteiger partial charge on any atom is 0.320 e. The van der Waals surface area contributed by atoms with Crippen molar-refractivity contribution in [3.05, 3.63) is 5.82 Å². The smallest absolute Gasteiger partial charge is 0.320 e. The van der Waals surface area contributed by atoms with Crippen LogP contribution in [0.25, 0.3) is 0 Å². The number of carbonyl (C=O) groups is 1. The lowest BCUT2D eigenvalue weighted by Crippen LogP contribution is -2.40. The zero-order chi connectivity index (χ0) is 12.1. The molecule has 1 aromatic rings. The van der Waals surface area contributed by atoms with Gasteiger partial charge in [-0.15, -0.1) is 5.10 Å². The quantitative estimate of drug-likeness (QED) is 0.730. The molecule has 90 valence electrons.